The Kier molecular flexibility index (Phi) is 5.72. The smallest absolute Gasteiger partial charge is 0.306 e. The minimum Gasteiger partial charge on any atom is -0.474 e. The maximum Gasteiger partial charge on any atom is 0.306 e. The molecular formula is C16H21NO4. The lowest BCUT2D eigenvalue weighted by molar-refractivity contribution is -0.144. The third kappa shape index (κ3) is 4.85. The van der Waals surface area contributed by atoms with E-state index in [2.05, 4.69) is 4.98 Å². The molecule has 1 heterocycles. The fourth-order valence-electron chi connectivity index (χ4n) is 2.61. The van der Waals surface area contributed by atoms with Crippen molar-refractivity contribution in [2.24, 2.45) is 5.92 Å². The van der Waals surface area contributed by atoms with Crippen LogP contribution in [0.2, 0.25) is 0 Å². The molecule has 0 N–H and O–H groups in total. The number of aromatic nitrogens is 1. The molecular weight excluding hydrogens is 270 g/mol. The van der Waals surface area contributed by atoms with Gasteiger partial charge < -0.3 is 9.47 Å². The van der Waals surface area contributed by atoms with Crippen LogP contribution in [0.1, 0.15) is 49.4 Å². The van der Waals surface area contributed by atoms with Gasteiger partial charge in [-0.2, -0.15) is 0 Å². The molecule has 0 bridgehead atoms. The summed E-state index contributed by atoms with van der Waals surface area (Å²) in [6.45, 7) is 2.27. The Morgan fingerprint density at radius 1 is 1.33 bits per heavy atom. The fraction of sp³-hybridized carbons (Fsp3) is 0.562. The second kappa shape index (κ2) is 7.76. The predicted molar refractivity (Wildman–Crippen MR) is 77.2 cm³/mol. The highest BCUT2D eigenvalue weighted by molar-refractivity contribution is 5.74. The molecule has 0 amide bonds. The molecule has 2 rings (SSSR count). The van der Waals surface area contributed by atoms with Gasteiger partial charge in [-0.15, -0.1) is 0 Å². The summed E-state index contributed by atoms with van der Waals surface area (Å²) in [5.74, 6) is 0.844. The zero-order chi connectivity index (χ0) is 15.1. The fourth-order valence-corrected chi connectivity index (χ4v) is 2.61. The quantitative estimate of drug-likeness (QED) is 0.595. The lowest BCUT2D eigenvalue weighted by Crippen LogP contribution is -2.26. The van der Waals surface area contributed by atoms with Crippen molar-refractivity contribution in [1.29, 1.82) is 0 Å². The molecule has 0 unspecified atom stereocenters. The molecule has 21 heavy (non-hydrogen) atoms. The van der Waals surface area contributed by atoms with E-state index in [4.69, 9.17) is 9.47 Å². The number of rotatable bonds is 6. The molecule has 114 valence electrons. The number of hydrogen-bond acceptors (Lipinski definition) is 5. The van der Waals surface area contributed by atoms with Crippen LogP contribution < -0.4 is 4.74 Å². The van der Waals surface area contributed by atoms with Gasteiger partial charge in [-0.3, -0.25) is 9.59 Å². The maximum atomic E-state index is 11.5. The van der Waals surface area contributed by atoms with Crippen LogP contribution >= 0.6 is 0 Å². The van der Waals surface area contributed by atoms with E-state index in [9.17, 15) is 9.59 Å². The van der Waals surface area contributed by atoms with Crippen molar-refractivity contribution in [2.75, 3.05) is 6.61 Å². The van der Waals surface area contributed by atoms with Crippen LogP contribution in [0.3, 0.4) is 0 Å². The van der Waals surface area contributed by atoms with Crippen molar-refractivity contribution in [3.05, 3.63) is 23.9 Å². The van der Waals surface area contributed by atoms with Crippen LogP contribution in [0.4, 0.5) is 0 Å². The first kappa shape index (κ1) is 15.5. The van der Waals surface area contributed by atoms with E-state index in [0.29, 0.717) is 30.4 Å². The van der Waals surface area contributed by atoms with E-state index in [1.807, 2.05) is 6.92 Å². The van der Waals surface area contributed by atoms with Gasteiger partial charge in [0, 0.05) is 24.2 Å². The van der Waals surface area contributed by atoms with Gasteiger partial charge >= 0.3 is 5.97 Å². The highest BCUT2D eigenvalue weighted by Crippen LogP contribution is 2.29. The van der Waals surface area contributed by atoms with Crippen LogP contribution in [-0.4, -0.2) is 30.0 Å². The molecule has 1 aromatic rings. The van der Waals surface area contributed by atoms with Gasteiger partial charge in [-0.1, -0.05) is 0 Å². The maximum absolute atomic E-state index is 11.5. The summed E-state index contributed by atoms with van der Waals surface area (Å²) in [5, 5.41) is 0. The number of carbonyl (C=O) groups is 2. The first-order chi connectivity index (χ1) is 10.2. The Morgan fingerprint density at radius 2 is 2.10 bits per heavy atom. The Morgan fingerprint density at radius 3 is 2.67 bits per heavy atom. The van der Waals surface area contributed by atoms with E-state index in [1.54, 1.807) is 12.1 Å². The van der Waals surface area contributed by atoms with Gasteiger partial charge in [0.2, 0.25) is 5.88 Å². The number of esters is 1. The highest BCUT2D eigenvalue weighted by atomic mass is 16.5. The number of hydrogen-bond donors (Lipinski definition) is 0. The minimum absolute atomic E-state index is 0.104. The molecule has 0 aromatic carbocycles. The Bertz CT molecular complexity index is 464. The average molecular weight is 291 g/mol. The largest absolute Gasteiger partial charge is 0.474 e. The lowest BCUT2D eigenvalue weighted by Gasteiger charge is -2.28. The number of pyridine rings is 1. The number of carbonyl (C=O) groups excluding carboxylic acids is 2. The van der Waals surface area contributed by atoms with E-state index < -0.39 is 0 Å². The summed E-state index contributed by atoms with van der Waals surface area (Å²) in [5.41, 5.74) is 0.542. The van der Waals surface area contributed by atoms with Crippen LogP contribution in [0.5, 0.6) is 5.88 Å². The van der Waals surface area contributed by atoms with Gasteiger partial charge in [-0.25, -0.2) is 4.98 Å². The van der Waals surface area contributed by atoms with Crippen LogP contribution in [0.25, 0.3) is 0 Å². The minimum atomic E-state index is -0.104. The van der Waals surface area contributed by atoms with Crippen LogP contribution in [0, 0.1) is 5.92 Å². The van der Waals surface area contributed by atoms with E-state index in [-0.39, 0.29) is 12.1 Å². The Labute approximate surface area is 124 Å². The third-order valence-corrected chi connectivity index (χ3v) is 3.74. The Hall–Kier alpha value is -1.91. The molecule has 1 fully saturated rings. The van der Waals surface area contributed by atoms with Gasteiger partial charge in [0.15, 0.2) is 6.29 Å². The van der Waals surface area contributed by atoms with Crippen molar-refractivity contribution in [3.8, 4) is 5.88 Å². The van der Waals surface area contributed by atoms with Gasteiger partial charge in [0.25, 0.3) is 0 Å². The molecule has 0 saturated heterocycles. The Balaban J connectivity index is 1.75. The first-order valence-corrected chi connectivity index (χ1v) is 7.44. The van der Waals surface area contributed by atoms with E-state index >= 15 is 0 Å². The zero-order valence-electron chi connectivity index (χ0n) is 12.3. The second-order valence-corrected chi connectivity index (χ2v) is 5.32. The second-order valence-electron chi connectivity index (χ2n) is 5.32. The summed E-state index contributed by atoms with van der Waals surface area (Å²) in [6, 6.07) is 3.41. The van der Waals surface area contributed by atoms with Gasteiger partial charge in [0.05, 0.1) is 6.61 Å². The average Bonchev–Trinajstić information content (AvgIpc) is 2.50. The van der Waals surface area contributed by atoms with Crippen molar-refractivity contribution < 1.29 is 19.1 Å². The molecule has 1 saturated carbocycles. The zero-order valence-corrected chi connectivity index (χ0v) is 12.3. The molecule has 5 heteroatoms. The summed E-state index contributed by atoms with van der Waals surface area (Å²) in [4.78, 5) is 26.1. The topological polar surface area (TPSA) is 65.5 Å². The third-order valence-electron chi connectivity index (χ3n) is 3.74. The highest BCUT2D eigenvalue weighted by Gasteiger charge is 2.24. The van der Waals surface area contributed by atoms with Crippen LogP contribution in [0.15, 0.2) is 18.3 Å². The summed E-state index contributed by atoms with van der Waals surface area (Å²) < 4.78 is 10.8. The van der Waals surface area contributed by atoms with E-state index in [1.165, 1.54) is 6.20 Å². The van der Waals surface area contributed by atoms with E-state index in [0.717, 1.165) is 32.0 Å². The molecule has 0 radical (unpaired) electrons. The normalized spacial score (nSPS) is 21.6. The van der Waals surface area contributed by atoms with Crippen molar-refractivity contribution in [3.63, 3.8) is 0 Å². The number of aldehydes is 1. The molecule has 0 spiro atoms. The summed E-state index contributed by atoms with van der Waals surface area (Å²) in [7, 11) is 0. The van der Waals surface area contributed by atoms with Crippen LogP contribution in [-0.2, 0) is 9.53 Å². The van der Waals surface area contributed by atoms with Gasteiger partial charge in [0.1, 0.15) is 6.10 Å². The molecule has 1 aliphatic carbocycles. The monoisotopic (exact) mass is 291 g/mol. The molecule has 0 atom stereocenters. The van der Waals surface area contributed by atoms with Gasteiger partial charge in [-0.05, 0) is 44.6 Å². The van der Waals surface area contributed by atoms with Crippen molar-refractivity contribution >= 4 is 12.3 Å². The molecule has 1 aromatic heterocycles. The lowest BCUT2D eigenvalue weighted by atomic mass is 9.85. The SMILES string of the molecule is CCOC(=O)C[C@H]1CC[C@H](Oc2ccc(C=O)cn2)CC1. The van der Waals surface area contributed by atoms with Crippen molar-refractivity contribution in [2.45, 2.75) is 45.1 Å². The predicted octanol–water partition coefficient (Wildman–Crippen LogP) is 2.78. The standard InChI is InChI=1S/C16H21NO4/c1-2-20-16(19)9-12-3-6-14(7-4-12)21-15-8-5-13(11-18)10-17-15/h5,8,10-12,14H,2-4,6-7,9H2,1H3/t12-,14-. The first-order valence-electron chi connectivity index (χ1n) is 7.44. The molecule has 0 aliphatic heterocycles. The summed E-state index contributed by atoms with van der Waals surface area (Å²) >= 11 is 0. The molecule has 1 aliphatic rings. The molecule has 5 nitrogen and oxygen atoms in total. The van der Waals surface area contributed by atoms with Crippen molar-refractivity contribution in [1.82, 2.24) is 4.98 Å². The number of ether oxygens (including phenoxy) is 2. The summed E-state index contributed by atoms with van der Waals surface area (Å²) in [6.07, 6.45) is 6.69. The number of nitrogens with zero attached hydrogens (tertiary/aromatic N) is 1.